The van der Waals surface area contributed by atoms with Crippen molar-refractivity contribution >= 4 is 11.5 Å². The number of fused-ring (bicyclic) bond motifs is 4. The van der Waals surface area contributed by atoms with Crippen molar-refractivity contribution in [1.29, 1.82) is 0 Å². The van der Waals surface area contributed by atoms with E-state index in [2.05, 4.69) is 36.1 Å². The van der Waals surface area contributed by atoms with Crippen molar-refractivity contribution in [2.45, 2.75) is 120 Å². The van der Waals surface area contributed by atoms with E-state index >= 15 is 0 Å². The van der Waals surface area contributed by atoms with Crippen molar-refractivity contribution in [3.05, 3.63) is 51.1 Å². The molecule has 6 atom stereocenters. The zero-order valence-electron chi connectivity index (χ0n) is 25.9. The predicted octanol–water partition coefficient (Wildman–Crippen LogP) is 6.33. The lowest BCUT2D eigenvalue weighted by atomic mass is 9.49. The second-order valence-electron chi connectivity index (χ2n) is 14.8. The van der Waals surface area contributed by atoms with E-state index in [-0.39, 0.29) is 34.9 Å². The number of benzene rings is 1. The standard InChI is InChI=1S/C35H48N2O6/c1-24(38)10-15-34(37(40)41)16-12-29-27-11-14-33(39)23-35(42-20-21-43-35)17-13-30(33)31(27)28(22-32(29,34)2)25-6-8-26(9-7-25)36-18-4-3-5-19-36/h6-9,27-29,39H,3-5,10-23H2,1-2H3/t27-,28+,29-,32-,33+,34-/m0/s1. The summed E-state index contributed by atoms with van der Waals surface area (Å²) in [5.74, 6) is -0.318. The van der Waals surface area contributed by atoms with Gasteiger partial charge in [0.2, 0.25) is 5.54 Å². The Bertz CT molecular complexity index is 1300. The number of hydrogen-bond donors (Lipinski definition) is 1. The summed E-state index contributed by atoms with van der Waals surface area (Å²) in [7, 11) is 0. The molecular formula is C35H48N2O6. The van der Waals surface area contributed by atoms with Crippen LogP contribution >= 0.6 is 0 Å². The number of nitrogens with zero attached hydrogens (tertiary/aromatic N) is 2. The Morgan fingerprint density at radius 3 is 2.47 bits per heavy atom. The van der Waals surface area contributed by atoms with Crippen LogP contribution in [-0.4, -0.2) is 59.0 Å². The topological polar surface area (TPSA) is 102 Å². The molecular weight excluding hydrogens is 544 g/mol. The number of ketones is 1. The Hall–Kier alpha value is -2.29. The molecule has 1 N–H and O–H groups in total. The summed E-state index contributed by atoms with van der Waals surface area (Å²) in [5.41, 5.74) is 2.32. The van der Waals surface area contributed by atoms with Gasteiger partial charge in [0.1, 0.15) is 5.78 Å². The molecule has 6 aliphatic rings. The van der Waals surface area contributed by atoms with Gasteiger partial charge in [-0.3, -0.25) is 10.1 Å². The summed E-state index contributed by atoms with van der Waals surface area (Å²) in [6.07, 6.45) is 9.66. The zero-order valence-corrected chi connectivity index (χ0v) is 25.9. The van der Waals surface area contributed by atoms with Crippen LogP contribution in [0.4, 0.5) is 5.69 Å². The molecule has 1 aromatic rings. The van der Waals surface area contributed by atoms with Gasteiger partial charge in [-0.2, -0.15) is 0 Å². The fraction of sp³-hybridized carbons (Fsp3) is 0.743. The smallest absolute Gasteiger partial charge is 0.228 e. The number of ether oxygens (including phenoxy) is 2. The predicted molar refractivity (Wildman–Crippen MR) is 164 cm³/mol. The normalized spacial score (nSPS) is 38.5. The average Bonchev–Trinajstić information content (AvgIpc) is 3.57. The number of allylic oxidation sites excluding steroid dienone is 1. The van der Waals surface area contributed by atoms with Crippen LogP contribution in [0, 0.1) is 27.4 Å². The molecule has 5 fully saturated rings. The molecule has 7 rings (SSSR count). The highest BCUT2D eigenvalue weighted by Gasteiger charge is 2.70. The Kier molecular flexibility index (Phi) is 7.29. The van der Waals surface area contributed by atoms with Gasteiger partial charge in [-0.15, -0.1) is 0 Å². The monoisotopic (exact) mass is 592 g/mol. The molecule has 0 aromatic heterocycles. The van der Waals surface area contributed by atoms with E-state index in [4.69, 9.17) is 9.47 Å². The van der Waals surface area contributed by atoms with Crippen LogP contribution in [0.1, 0.15) is 109 Å². The van der Waals surface area contributed by atoms with Gasteiger partial charge in [-0.1, -0.05) is 24.6 Å². The van der Waals surface area contributed by atoms with E-state index in [1.807, 2.05) is 0 Å². The summed E-state index contributed by atoms with van der Waals surface area (Å²) in [6.45, 7) is 7.02. The molecule has 234 valence electrons. The third-order valence-electron chi connectivity index (χ3n) is 12.8. The van der Waals surface area contributed by atoms with E-state index in [9.17, 15) is 20.0 Å². The molecule has 3 saturated carbocycles. The largest absolute Gasteiger partial charge is 0.385 e. The number of Topliss-reactive ketones (excluding diaryl/α,β-unsaturated/α-hetero) is 1. The van der Waals surface area contributed by atoms with Crippen molar-refractivity contribution in [3.8, 4) is 0 Å². The molecule has 4 aliphatic carbocycles. The van der Waals surface area contributed by atoms with Gasteiger partial charge in [-0.05, 0) is 93.4 Å². The molecule has 43 heavy (non-hydrogen) atoms. The van der Waals surface area contributed by atoms with E-state index in [1.165, 1.54) is 36.1 Å². The Balaban J connectivity index is 1.32. The van der Waals surface area contributed by atoms with Gasteiger partial charge >= 0.3 is 0 Å². The van der Waals surface area contributed by atoms with Crippen LogP contribution in [0.15, 0.2) is 35.4 Å². The van der Waals surface area contributed by atoms with Crippen molar-refractivity contribution in [1.82, 2.24) is 0 Å². The molecule has 2 saturated heterocycles. The molecule has 0 unspecified atom stereocenters. The first-order chi connectivity index (χ1) is 20.6. The summed E-state index contributed by atoms with van der Waals surface area (Å²) in [5, 5.41) is 25.4. The first kappa shape index (κ1) is 29.4. The minimum atomic E-state index is -1.11. The fourth-order valence-electron chi connectivity index (χ4n) is 10.7. The van der Waals surface area contributed by atoms with Crippen LogP contribution in [0.25, 0.3) is 0 Å². The number of carbonyl (C=O) groups excluding carboxylic acids is 1. The van der Waals surface area contributed by atoms with Crippen LogP contribution < -0.4 is 4.90 Å². The van der Waals surface area contributed by atoms with Gasteiger partial charge in [0, 0.05) is 67.1 Å². The molecule has 0 bridgehead atoms. The van der Waals surface area contributed by atoms with Crippen LogP contribution in [0.2, 0.25) is 0 Å². The molecule has 8 nitrogen and oxygen atoms in total. The van der Waals surface area contributed by atoms with Crippen LogP contribution in [-0.2, 0) is 14.3 Å². The third kappa shape index (κ3) is 4.61. The molecule has 0 radical (unpaired) electrons. The lowest BCUT2D eigenvalue weighted by Gasteiger charge is -2.56. The second-order valence-corrected chi connectivity index (χ2v) is 14.8. The average molecular weight is 593 g/mol. The summed E-state index contributed by atoms with van der Waals surface area (Å²) < 4.78 is 12.2. The number of carbonyl (C=O) groups is 1. The number of piperidine rings is 1. The second kappa shape index (κ2) is 10.7. The molecule has 0 amide bonds. The van der Waals surface area contributed by atoms with E-state index in [0.29, 0.717) is 45.3 Å². The van der Waals surface area contributed by atoms with Gasteiger partial charge < -0.3 is 24.3 Å². The lowest BCUT2D eigenvalue weighted by molar-refractivity contribution is -0.591. The van der Waals surface area contributed by atoms with Crippen LogP contribution in [0.5, 0.6) is 0 Å². The number of anilines is 1. The Morgan fingerprint density at radius 1 is 1.07 bits per heavy atom. The highest BCUT2D eigenvalue weighted by atomic mass is 16.7. The number of nitro groups is 1. The SMILES string of the molecule is CC(=O)CC[C@]1([N+](=O)[O-])CC[C@H]2[C@@H]3CC[C@@]4(O)CC5(CCC4=C3[C@@H](c3ccc(N4CCCCC4)cc3)C[C@@]21C)OCCO5. The quantitative estimate of drug-likeness (QED) is 0.234. The third-order valence-corrected chi connectivity index (χ3v) is 12.8. The van der Waals surface area contributed by atoms with Crippen molar-refractivity contribution in [3.63, 3.8) is 0 Å². The van der Waals surface area contributed by atoms with Gasteiger partial charge in [0.25, 0.3) is 0 Å². The van der Waals surface area contributed by atoms with E-state index in [0.717, 1.165) is 44.3 Å². The number of rotatable bonds is 6. The van der Waals surface area contributed by atoms with E-state index < -0.39 is 22.3 Å². The summed E-state index contributed by atoms with van der Waals surface area (Å²) >= 11 is 0. The first-order valence-corrected chi connectivity index (χ1v) is 16.8. The van der Waals surface area contributed by atoms with Crippen LogP contribution in [0.3, 0.4) is 0 Å². The van der Waals surface area contributed by atoms with Crippen molar-refractivity contribution in [2.24, 2.45) is 17.3 Å². The Morgan fingerprint density at radius 2 is 1.79 bits per heavy atom. The highest BCUT2D eigenvalue weighted by Crippen LogP contribution is 2.69. The maximum Gasteiger partial charge on any atom is 0.228 e. The van der Waals surface area contributed by atoms with Gasteiger partial charge in [0.05, 0.1) is 18.8 Å². The minimum absolute atomic E-state index is 0.00213. The highest BCUT2D eigenvalue weighted by molar-refractivity contribution is 5.75. The number of hydrogen-bond acceptors (Lipinski definition) is 7. The van der Waals surface area contributed by atoms with Crippen molar-refractivity contribution < 1.29 is 24.3 Å². The summed E-state index contributed by atoms with van der Waals surface area (Å²) in [4.78, 5) is 27.6. The first-order valence-electron chi connectivity index (χ1n) is 16.8. The molecule has 1 spiro atoms. The van der Waals surface area contributed by atoms with Crippen molar-refractivity contribution in [2.75, 3.05) is 31.2 Å². The number of aliphatic hydroxyl groups is 1. The maximum absolute atomic E-state index is 13.1. The Labute approximate surface area is 255 Å². The molecule has 2 aliphatic heterocycles. The molecule has 2 heterocycles. The minimum Gasteiger partial charge on any atom is -0.385 e. The molecule has 1 aromatic carbocycles. The maximum atomic E-state index is 13.1. The fourth-order valence-corrected chi connectivity index (χ4v) is 10.7. The zero-order chi connectivity index (χ0) is 30.0. The van der Waals surface area contributed by atoms with Gasteiger partial charge in [-0.25, -0.2) is 0 Å². The van der Waals surface area contributed by atoms with E-state index in [1.54, 1.807) is 6.92 Å². The summed E-state index contributed by atoms with van der Waals surface area (Å²) in [6, 6.07) is 8.99. The molecule has 8 heteroatoms. The van der Waals surface area contributed by atoms with Gasteiger partial charge in [0.15, 0.2) is 5.79 Å². The lowest BCUT2D eigenvalue weighted by Crippen LogP contribution is -2.57.